The Hall–Kier alpha value is -3.01. The molecule has 3 heterocycles. The summed E-state index contributed by atoms with van der Waals surface area (Å²) in [5.41, 5.74) is 5.61. The van der Waals surface area contributed by atoms with Gasteiger partial charge in [0.25, 0.3) is 5.91 Å². The molecule has 0 saturated carbocycles. The molecule has 0 saturated heterocycles. The van der Waals surface area contributed by atoms with Crippen molar-refractivity contribution in [1.29, 1.82) is 0 Å². The number of rotatable bonds is 6. The number of methoxy groups -OCH3 is 1. The van der Waals surface area contributed by atoms with Gasteiger partial charge in [-0.3, -0.25) is 4.79 Å². The zero-order valence-corrected chi connectivity index (χ0v) is 19.2. The SMILES string of the molecule is COCc1cc(C)nc2sc(C(=O)N/N=C\c3cc(Br)ccc3O)c(-n3cccc3)c12. The van der Waals surface area contributed by atoms with Crippen molar-refractivity contribution in [1.82, 2.24) is 15.0 Å². The van der Waals surface area contributed by atoms with Crippen molar-refractivity contribution >= 4 is 49.6 Å². The Balaban J connectivity index is 1.75. The number of halogens is 1. The van der Waals surface area contributed by atoms with Crippen LogP contribution in [0.2, 0.25) is 0 Å². The summed E-state index contributed by atoms with van der Waals surface area (Å²) in [7, 11) is 1.64. The molecule has 0 spiro atoms. The van der Waals surface area contributed by atoms with Gasteiger partial charge in [-0.05, 0) is 48.9 Å². The predicted molar refractivity (Wildman–Crippen MR) is 125 cm³/mol. The van der Waals surface area contributed by atoms with E-state index in [1.165, 1.54) is 17.6 Å². The van der Waals surface area contributed by atoms with Gasteiger partial charge in [-0.25, -0.2) is 10.4 Å². The highest BCUT2D eigenvalue weighted by molar-refractivity contribution is 9.10. The van der Waals surface area contributed by atoms with Crippen LogP contribution in [-0.4, -0.2) is 33.9 Å². The molecule has 31 heavy (non-hydrogen) atoms. The smallest absolute Gasteiger partial charge is 0.283 e. The van der Waals surface area contributed by atoms with Crippen LogP contribution >= 0.6 is 27.3 Å². The van der Waals surface area contributed by atoms with Crippen molar-refractivity contribution in [3.05, 3.63) is 75.0 Å². The van der Waals surface area contributed by atoms with Crippen molar-refractivity contribution in [2.75, 3.05) is 7.11 Å². The number of nitrogens with zero attached hydrogens (tertiary/aromatic N) is 3. The standard InChI is InChI=1S/C22H19BrN4O3S/c1-13-9-15(12-30-2)18-19(27-7-3-4-8-27)20(31-22(18)25-13)21(29)26-24-11-14-10-16(23)5-6-17(14)28/h3-11,28H,12H2,1-2H3,(H,26,29)/b24-11-. The molecule has 0 unspecified atom stereocenters. The number of pyridine rings is 1. The minimum absolute atomic E-state index is 0.0694. The van der Waals surface area contributed by atoms with Gasteiger partial charge in [0, 0.05) is 40.6 Å². The molecular weight excluding hydrogens is 480 g/mol. The first-order valence-electron chi connectivity index (χ1n) is 9.35. The lowest BCUT2D eigenvalue weighted by molar-refractivity contribution is 0.0959. The van der Waals surface area contributed by atoms with Gasteiger partial charge in [0.2, 0.25) is 0 Å². The van der Waals surface area contributed by atoms with Crippen LogP contribution in [0.15, 0.2) is 58.4 Å². The summed E-state index contributed by atoms with van der Waals surface area (Å²) < 4.78 is 8.08. The minimum atomic E-state index is -0.363. The number of benzene rings is 1. The molecule has 0 atom stereocenters. The number of nitrogens with one attached hydrogen (secondary N) is 1. The molecule has 0 bridgehead atoms. The van der Waals surface area contributed by atoms with E-state index >= 15 is 0 Å². The molecule has 0 aliphatic heterocycles. The summed E-state index contributed by atoms with van der Waals surface area (Å²) in [5.74, 6) is -0.293. The minimum Gasteiger partial charge on any atom is -0.507 e. The molecule has 4 aromatic rings. The van der Waals surface area contributed by atoms with Gasteiger partial charge >= 0.3 is 0 Å². The number of thiophene rings is 1. The Morgan fingerprint density at radius 1 is 1.35 bits per heavy atom. The lowest BCUT2D eigenvalue weighted by Gasteiger charge is -2.09. The second-order valence-electron chi connectivity index (χ2n) is 6.81. The van der Waals surface area contributed by atoms with Gasteiger partial charge in [0.1, 0.15) is 15.5 Å². The summed E-state index contributed by atoms with van der Waals surface area (Å²) in [6.07, 6.45) is 5.18. The van der Waals surface area contributed by atoms with Crippen LogP contribution in [0.5, 0.6) is 5.75 Å². The van der Waals surface area contributed by atoms with E-state index in [9.17, 15) is 9.90 Å². The van der Waals surface area contributed by atoms with Gasteiger partial charge in [0.15, 0.2) is 0 Å². The third-order valence-corrected chi connectivity index (χ3v) is 6.14. The quantitative estimate of drug-likeness (QED) is 0.296. The summed E-state index contributed by atoms with van der Waals surface area (Å²) in [4.78, 5) is 18.9. The Morgan fingerprint density at radius 3 is 2.87 bits per heavy atom. The Bertz CT molecular complexity index is 1280. The molecule has 1 aromatic carbocycles. The van der Waals surface area contributed by atoms with Crippen molar-refractivity contribution in [2.45, 2.75) is 13.5 Å². The molecule has 0 fully saturated rings. The molecule has 0 aliphatic carbocycles. The fourth-order valence-electron chi connectivity index (χ4n) is 3.29. The summed E-state index contributed by atoms with van der Waals surface area (Å²) >= 11 is 4.66. The fraction of sp³-hybridized carbons (Fsp3) is 0.136. The van der Waals surface area contributed by atoms with E-state index in [-0.39, 0.29) is 11.7 Å². The van der Waals surface area contributed by atoms with E-state index in [1.807, 2.05) is 42.1 Å². The zero-order valence-electron chi connectivity index (χ0n) is 16.8. The number of hydrazone groups is 1. The number of aryl methyl sites for hydroxylation is 1. The highest BCUT2D eigenvalue weighted by Crippen LogP contribution is 2.36. The number of ether oxygens (including phenoxy) is 1. The maximum Gasteiger partial charge on any atom is 0.283 e. The van der Waals surface area contributed by atoms with E-state index in [2.05, 4.69) is 31.4 Å². The van der Waals surface area contributed by atoms with Gasteiger partial charge in [-0.2, -0.15) is 5.10 Å². The number of carbonyl (C=O) groups excluding carboxylic acids is 1. The van der Waals surface area contributed by atoms with Gasteiger partial charge < -0.3 is 14.4 Å². The Morgan fingerprint density at radius 2 is 2.13 bits per heavy atom. The maximum absolute atomic E-state index is 13.1. The molecular formula is C22H19BrN4O3S. The first-order chi connectivity index (χ1) is 15.0. The van der Waals surface area contributed by atoms with Crippen LogP contribution in [0.25, 0.3) is 15.9 Å². The van der Waals surface area contributed by atoms with E-state index in [4.69, 9.17) is 4.74 Å². The van der Waals surface area contributed by atoms with Crippen LogP contribution in [-0.2, 0) is 11.3 Å². The summed E-state index contributed by atoms with van der Waals surface area (Å²) in [6.45, 7) is 2.33. The zero-order chi connectivity index (χ0) is 22.0. The van der Waals surface area contributed by atoms with E-state index in [0.29, 0.717) is 17.0 Å². The molecule has 2 N–H and O–H groups in total. The number of amides is 1. The molecule has 158 valence electrons. The van der Waals surface area contributed by atoms with Crippen LogP contribution in [0.1, 0.15) is 26.5 Å². The third kappa shape index (κ3) is 4.39. The lowest BCUT2D eigenvalue weighted by atomic mass is 10.1. The number of hydrogen-bond acceptors (Lipinski definition) is 6. The number of aromatic nitrogens is 2. The fourth-order valence-corrected chi connectivity index (χ4v) is 4.82. The van der Waals surface area contributed by atoms with Gasteiger partial charge in [-0.15, -0.1) is 11.3 Å². The molecule has 0 radical (unpaired) electrons. The van der Waals surface area contributed by atoms with Crippen LogP contribution in [0, 0.1) is 6.92 Å². The third-order valence-electron chi connectivity index (χ3n) is 4.57. The average molecular weight is 499 g/mol. The second-order valence-corrected chi connectivity index (χ2v) is 8.72. The topological polar surface area (TPSA) is 88.7 Å². The van der Waals surface area contributed by atoms with Gasteiger partial charge in [0.05, 0.1) is 18.5 Å². The van der Waals surface area contributed by atoms with Crippen molar-refractivity contribution < 1.29 is 14.6 Å². The molecule has 3 aromatic heterocycles. The first-order valence-corrected chi connectivity index (χ1v) is 11.0. The van der Waals surface area contributed by atoms with E-state index in [1.54, 1.807) is 25.3 Å². The van der Waals surface area contributed by atoms with Crippen molar-refractivity contribution in [3.8, 4) is 11.4 Å². The summed E-state index contributed by atoms with van der Waals surface area (Å²) in [6, 6.07) is 10.8. The van der Waals surface area contributed by atoms with Crippen LogP contribution < -0.4 is 5.43 Å². The number of carbonyl (C=O) groups is 1. The molecule has 0 aliphatic rings. The highest BCUT2D eigenvalue weighted by atomic mass is 79.9. The first kappa shape index (κ1) is 21.2. The number of hydrogen-bond donors (Lipinski definition) is 2. The molecule has 1 amide bonds. The number of fused-ring (bicyclic) bond motifs is 1. The maximum atomic E-state index is 13.1. The van der Waals surface area contributed by atoms with Crippen molar-refractivity contribution in [2.24, 2.45) is 5.10 Å². The van der Waals surface area contributed by atoms with Crippen molar-refractivity contribution in [3.63, 3.8) is 0 Å². The number of phenols is 1. The average Bonchev–Trinajstić information content (AvgIpc) is 3.38. The normalized spacial score (nSPS) is 11.5. The lowest BCUT2D eigenvalue weighted by Crippen LogP contribution is -2.18. The molecule has 7 nitrogen and oxygen atoms in total. The van der Waals surface area contributed by atoms with E-state index < -0.39 is 0 Å². The largest absolute Gasteiger partial charge is 0.507 e. The second kappa shape index (κ2) is 9.01. The number of aromatic hydroxyl groups is 1. The predicted octanol–water partition coefficient (Wildman–Crippen LogP) is 4.77. The van der Waals surface area contributed by atoms with Crippen LogP contribution in [0.4, 0.5) is 0 Å². The molecule has 4 rings (SSSR count). The molecule has 9 heteroatoms. The Kier molecular flexibility index (Phi) is 6.17. The van der Waals surface area contributed by atoms with Crippen LogP contribution in [0.3, 0.4) is 0 Å². The highest BCUT2D eigenvalue weighted by Gasteiger charge is 2.23. The summed E-state index contributed by atoms with van der Waals surface area (Å²) in [5, 5.41) is 14.9. The van der Waals surface area contributed by atoms with E-state index in [0.717, 1.165) is 31.6 Å². The monoisotopic (exact) mass is 498 g/mol. The Labute approximate surface area is 191 Å². The number of phenolic OH excluding ortho intramolecular Hbond substituents is 1. The van der Waals surface area contributed by atoms with Gasteiger partial charge in [-0.1, -0.05) is 15.9 Å².